The summed E-state index contributed by atoms with van der Waals surface area (Å²) in [5, 5.41) is 0. The number of hydrogen-bond acceptors (Lipinski definition) is 4. The summed E-state index contributed by atoms with van der Waals surface area (Å²) in [7, 11) is -1.86. The molecular formula is C14H22BrClN2O3S. The first-order valence-corrected chi connectivity index (χ1v) is 9.14. The topological polar surface area (TPSA) is 72.6 Å². The summed E-state index contributed by atoms with van der Waals surface area (Å²) in [6.45, 7) is 2.62. The highest BCUT2D eigenvalue weighted by molar-refractivity contribution is 9.10. The highest BCUT2D eigenvalue weighted by Crippen LogP contribution is 2.28. The lowest BCUT2D eigenvalue weighted by Gasteiger charge is -2.37. The third kappa shape index (κ3) is 4.01. The standard InChI is InChI=1S/C14H21BrN2O3S.ClH/c1-10-7-13(3-4-14(10)15)21(18,19)17-6-5-12(20-2)8-11(17)9-16;/h3-4,7,11-12H,5-6,8-9,16H2,1-2H3;1H. The van der Waals surface area contributed by atoms with E-state index in [4.69, 9.17) is 10.5 Å². The fourth-order valence-corrected chi connectivity index (χ4v) is 4.64. The average molecular weight is 414 g/mol. The van der Waals surface area contributed by atoms with Gasteiger partial charge in [0.15, 0.2) is 0 Å². The molecule has 0 bridgehead atoms. The first kappa shape index (κ1) is 19.9. The lowest BCUT2D eigenvalue weighted by Crippen LogP contribution is -2.51. The second-order valence-corrected chi connectivity index (χ2v) is 8.04. The van der Waals surface area contributed by atoms with Gasteiger partial charge in [-0.2, -0.15) is 4.31 Å². The van der Waals surface area contributed by atoms with Crippen LogP contribution in [0.15, 0.2) is 27.6 Å². The number of methoxy groups -OCH3 is 1. The molecule has 8 heteroatoms. The van der Waals surface area contributed by atoms with Gasteiger partial charge in [-0.25, -0.2) is 8.42 Å². The number of halogens is 2. The largest absolute Gasteiger partial charge is 0.381 e. The van der Waals surface area contributed by atoms with E-state index in [1.807, 2.05) is 6.92 Å². The van der Waals surface area contributed by atoms with Crippen molar-refractivity contribution in [2.75, 3.05) is 20.2 Å². The molecule has 2 rings (SSSR count). The first-order valence-electron chi connectivity index (χ1n) is 6.91. The van der Waals surface area contributed by atoms with E-state index in [0.29, 0.717) is 30.8 Å². The molecule has 2 N–H and O–H groups in total. The maximum Gasteiger partial charge on any atom is 0.243 e. The quantitative estimate of drug-likeness (QED) is 0.822. The molecule has 1 fully saturated rings. The number of hydrogen-bond donors (Lipinski definition) is 1. The molecule has 0 saturated carbocycles. The Balaban J connectivity index is 0.00000242. The summed E-state index contributed by atoms with van der Waals surface area (Å²) in [5.41, 5.74) is 6.67. The third-order valence-electron chi connectivity index (χ3n) is 3.96. The molecule has 2 atom stereocenters. The average Bonchev–Trinajstić information content (AvgIpc) is 2.49. The molecule has 0 spiro atoms. The van der Waals surface area contributed by atoms with Gasteiger partial charge in [-0.1, -0.05) is 15.9 Å². The normalized spacial score (nSPS) is 23.1. The van der Waals surface area contributed by atoms with Crippen LogP contribution < -0.4 is 5.73 Å². The van der Waals surface area contributed by atoms with Crippen LogP contribution in [0.5, 0.6) is 0 Å². The van der Waals surface area contributed by atoms with E-state index in [9.17, 15) is 8.42 Å². The molecule has 1 aromatic rings. The van der Waals surface area contributed by atoms with Crippen molar-refractivity contribution in [3.63, 3.8) is 0 Å². The van der Waals surface area contributed by atoms with E-state index in [0.717, 1.165) is 10.0 Å². The van der Waals surface area contributed by atoms with Crippen LogP contribution in [-0.2, 0) is 14.8 Å². The molecule has 1 aromatic carbocycles. The van der Waals surface area contributed by atoms with Crippen LogP contribution in [0.3, 0.4) is 0 Å². The van der Waals surface area contributed by atoms with Gasteiger partial charge in [0.05, 0.1) is 11.0 Å². The second-order valence-electron chi connectivity index (χ2n) is 5.30. The van der Waals surface area contributed by atoms with Gasteiger partial charge >= 0.3 is 0 Å². The number of rotatable bonds is 4. The van der Waals surface area contributed by atoms with Gasteiger partial charge < -0.3 is 10.5 Å². The van der Waals surface area contributed by atoms with Crippen molar-refractivity contribution in [1.29, 1.82) is 0 Å². The summed E-state index contributed by atoms with van der Waals surface area (Å²) in [6, 6.07) is 4.87. The molecule has 1 aliphatic rings. The van der Waals surface area contributed by atoms with Crippen LogP contribution in [0, 0.1) is 6.92 Å². The number of benzene rings is 1. The van der Waals surface area contributed by atoms with Gasteiger partial charge in [0, 0.05) is 30.7 Å². The van der Waals surface area contributed by atoms with E-state index in [1.165, 1.54) is 4.31 Å². The highest BCUT2D eigenvalue weighted by atomic mass is 79.9. The molecule has 0 radical (unpaired) electrons. The molecule has 1 saturated heterocycles. The smallest absolute Gasteiger partial charge is 0.243 e. The Labute approximate surface area is 146 Å². The summed E-state index contributed by atoms with van der Waals surface area (Å²) in [5.74, 6) is 0. The van der Waals surface area contributed by atoms with Crippen molar-refractivity contribution in [1.82, 2.24) is 4.31 Å². The van der Waals surface area contributed by atoms with Gasteiger partial charge in [0.1, 0.15) is 0 Å². The Bertz CT molecular complexity index is 612. The molecule has 1 aliphatic heterocycles. The first-order chi connectivity index (χ1) is 9.90. The van der Waals surface area contributed by atoms with E-state index in [1.54, 1.807) is 25.3 Å². The number of aryl methyl sites for hydroxylation is 1. The van der Waals surface area contributed by atoms with E-state index in [-0.39, 0.29) is 24.6 Å². The summed E-state index contributed by atoms with van der Waals surface area (Å²) < 4.78 is 33.4. The predicted molar refractivity (Wildman–Crippen MR) is 92.9 cm³/mol. The minimum absolute atomic E-state index is 0. The lowest BCUT2D eigenvalue weighted by atomic mass is 10.0. The SMILES string of the molecule is COC1CCN(S(=O)(=O)c2ccc(Br)c(C)c2)C(CN)C1.Cl. The molecule has 5 nitrogen and oxygen atoms in total. The van der Waals surface area contributed by atoms with Crippen molar-refractivity contribution >= 4 is 38.4 Å². The van der Waals surface area contributed by atoms with E-state index in [2.05, 4.69) is 15.9 Å². The zero-order valence-corrected chi connectivity index (χ0v) is 15.9. The zero-order valence-electron chi connectivity index (χ0n) is 12.7. The Morgan fingerprint density at radius 1 is 1.45 bits per heavy atom. The van der Waals surface area contributed by atoms with Crippen LogP contribution in [0.25, 0.3) is 0 Å². The Hall–Kier alpha value is -0.180. The van der Waals surface area contributed by atoms with Crippen LogP contribution in [0.1, 0.15) is 18.4 Å². The van der Waals surface area contributed by atoms with Crippen molar-refractivity contribution in [2.24, 2.45) is 5.73 Å². The Morgan fingerprint density at radius 3 is 2.68 bits per heavy atom. The molecular weight excluding hydrogens is 392 g/mol. The van der Waals surface area contributed by atoms with Crippen LogP contribution in [-0.4, -0.2) is 45.1 Å². The van der Waals surface area contributed by atoms with Gasteiger partial charge in [0.25, 0.3) is 0 Å². The van der Waals surface area contributed by atoms with E-state index >= 15 is 0 Å². The summed E-state index contributed by atoms with van der Waals surface area (Å²) in [6.07, 6.45) is 1.42. The fourth-order valence-electron chi connectivity index (χ4n) is 2.65. The third-order valence-corrected chi connectivity index (χ3v) is 6.79. The fraction of sp³-hybridized carbons (Fsp3) is 0.571. The molecule has 0 amide bonds. The monoisotopic (exact) mass is 412 g/mol. The van der Waals surface area contributed by atoms with Crippen LogP contribution >= 0.6 is 28.3 Å². The molecule has 0 aliphatic carbocycles. The van der Waals surface area contributed by atoms with Crippen LogP contribution in [0.2, 0.25) is 0 Å². The summed E-state index contributed by atoms with van der Waals surface area (Å²) in [4.78, 5) is 0.317. The molecule has 0 aromatic heterocycles. The zero-order chi connectivity index (χ0) is 15.6. The molecule has 126 valence electrons. The van der Waals surface area contributed by atoms with Gasteiger partial charge in [-0.3, -0.25) is 0 Å². The maximum atomic E-state index is 12.8. The van der Waals surface area contributed by atoms with Gasteiger partial charge in [-0.05, 0) is 43.5 Å². The highest BCUT2D eigenvalue weighted by Gasteiger charge is 2.36. The van der Waals surface area contributed by atoms with Crippen molar-refractivity contribution < 1.29 is 13.2 Å². The second kappa shape index (κ2) is 8.08. The molecule has 2 unspecified atom stereocenters. The van der Waals surface area contributed by atoms with Crippen molar-refractivity contribution in [2.45, 2.75) is 36.8 Å². The maximum absolute atomic E-state index is 12.8. The number of ether oxygens (including phenoxy) is 1. The number of piperidine rings is 1. The van der Waals surface area contributed by atoms with Crippen LogP contribution in [0.4, 0.5) is 0 Å². The number of sulfonamides is 1. The van der Waals surface area contributed by atoms with Crippen molar-refractivity contribution in [3.8, 4) is 0 Å². The van der Waals surface area contributed by atoms with Gasteiger partial charge in [-0.15, -0.1) is 12.4 Å². The number of nitrogens with zero attached hydrogens (tertiary/aromatic N) is 1. The minimum Gasteiger partial charge on any atom is -0.381 e. The Kier molecular flexibility index (Phi) is 7.29. The van der Waals surface area contributed by atoms with Crippen molar-refractivity contribution in [3.05, 3.63) is 28.2 Å². The lowest BCUT2D eigenvalue weighted by molar-refractivity contribution is 0.0401. The summed E-state index contributed by atoms with van der Waals surface area (Å²) >= 11 is 3.39. The number of nitrogens with two attached hydrogens (primary N) is 1. The van der Waals surface area contributed by atoms with E-state index < -0.39 is 10.0 Å². The minimum atomic E-state index is -3.52. The van der Waals surface area contributed by atoms with Gasteiger partial charge in [0.2, 0.25) is 10.0 Å². The molecule has 1 heterocycles. The predicted octanol–water partition coefficient (Wildman–Crippen LogP) is 2.31. The Morgan fingerprint density at radius 2 is 2.14 bits per heavy atom. The molecule has 22 heavy (non-hydrogen) atoms.